The Labute approximate surface area is 136 Å². The molecule has 0 aromatic carbocycles. The van der Waals surface area contributed by atoms with Crippen LogP contribution in [0.15, 0.2) is 12.2 Å². The highest BCUT2D eigenvalue weighted by Gasteiger charge is 2.46. The summed E-state index contributed by atoms with van der Waals surface area (Å²) in [5.74, 6) is -2.71. The van der Waals surface area contributed by atoms with Gasteiger partial charge in [0, 0.05) is 16.4 Å². The quantitative estimate of drug-likeness (QED) is 0.596. The van der Waals surface area contributed by atoms with Gasteiger partial charge in [-0.25, -0.2) is 9.59 Å². The van der Waals surface area contributed by atoms with Crippen LogP contribution < -0.4 is 0 Å². The number of carboxylic acid groups (broad SMARTS) is 1. The van der Waals surface area contributed by atoms with Crippen LogP contribution >= 0.6 is 0 Å². The molecule has 0 aromatic rings. The molecule has 23 heavy (non-hydrogen) atoms. The molecule has 0 unspecified atom stereocenters. The van der Waals surface area contributed by atoms with E-state index >= 15 is 0 Å². The number of carboxylic acids is 1. The Morgan fingerprint density at radius 1 is 1.13 bits per heavy atom. The second-order valence-corrected chi connectivity index (χ2v) is 7.45. The smallest absolute Gasteiger partial charge is 0.341 e. The number of hydrogen-bond donors (Lipinski definition) is 1. The molecule has 1 fully saturated rings. The SMILES string of the molecule is C=C(CC(=O)OC1C(C)(C)CCCC1(C)C)C(=O)OCC(=O)O. The average Bonchev–Trinajstić information content (AvgIpc) is 2.39. The zero-order valence-electron chi connectivity index (χ0n) is 14.3. The summed E-state index contributed by atoms with van der Waals surface area (Å²) in [6.45, 7) is 11.0. The van der Waals surface area contributed by atoms with Crippen molar-refractivity contribution in [1.29, 1.82) is 0 Å². The lowest BCUT2D eigenvalue weighted by Crippen LogP contribution is -2.48. The number of aliphatic carboxylic acids is 1. The number of ether oxygens (including phenoxy) is 2. The van der Waals surface area contributed by atoms with Crippen molar-refractivity contribution in [3.05, 3.63) is 12.2 Å². The topological polar surface area (TPSA) is 89.9 Å². The van der Waals surface area contributed by atoms with Gasteiger partial charge in [-0.05, 0) is 12.8 Å². The first-order valence-corrected chi connectivity index (χ1v) is 7.72. The molecule has 6 heteroatoms. The zero-order valence-corrected chi connectivity index (χ0v) is 14.3. The summed E-state index contributed by atoms with van der Waals surface area (Å²) in [7, 11) is 0. The fourth-order valence-corrected chi connectivity index (χ4v) is 3.29. The van der Waals surface area contributed by atoms with Gasteiger partial charge in [0.05, 0.1) is 6.42 Å². The van der Waals surface area contributed by atoms with Gasteiger partial charge in [-0.3, -0.25) is 4.79 Å². The summed E-state index contributed by atoms with van der Waals surface area (Å²) in [5.41, 5.74) is -0.381. The van der Waals surface area contributed by atoms with Crippen LogP contribution in [0.3, 0.4) is 0 Å². The van der Waals surface area contributed by atoms with Crippen LogP contribution in [0.5, 0.6) is 0 Å². The Morgan fingerprint density at radius 2 is 1.65 bits per heavy atom. The van der Waals surface area contributed by atoms with Crippen molar-refractivity contribution < 1.29 is 29.0 Å². The zero-order chi connectivity index (χ0) is 17.8. The van der Waals surface area contributed by atoms with Crippen LogP contribution in [0, 0.1) is 10.8 Å². The summed E-state index contributed by atoms with van der Waals surface area (Å²) in [5, 5.41) is 8.46. The number of carbonyl (C=O) groups is 3. The van der Waals surface area contributed by atoms with Gasteiger partial charge in [0.2, 0.25) is 0 Å². The molecule has 0 aliphatic heterocycles. The molecular weight excluding hydrogens is 300 g/mol. The molecule has 0 radical (unpaired) electrons. The molecule has 1 rings (SSSR count). The first-order valence-electron chi connectivity index (χ1n) is 7.72. The predicted molar refractivity (Wildman–Crippen MR) is 83.6 cm³/mol. The van der Waals surface area contributed by atoms with Crippen molar-refractivity contribution >= 4 is 17.9 Å². The molecule has 6 nitrogen and oxygen atoms in total. The third-order valence-corrected chi connectivity index (χ3v) is 4.28. The monoisotopic (exact) mass is 326 g/mol. The fraction of sp³-hybridized carbons (Fsp3) is 0.706. The average molecular weight is 326 g/mol. The summed E-state index contributed by atoms with van der Waals surface area (Å²) in [6.07, 6.45) is 2.47. The minimum atomic E-state index is -1.26. The third-order valence-electron chi connectivity index (χ3n) is 4.28. The first-order chi connectivity index (χ1) is 10.5. The predicted octanol–water partition coefficient (Wildman–Crippen LogP) is 2.71. The lowest BCUT2D eigenvalue weighted by molar-refractivity contribution is -0.171. The summed E-state index contributed by atoms with van der Waals surface area (Å²) in [6, 6.07) is 0. The Kier molecular flexibility index (Phi) is 5.97. The third kappa shape index (κ3) is 5.37. The second kappa shape index (κ2) is 7.15. The van der Waals surface area contributed by atoms with Crippen molar-refractivity contribution in [3.63, 3.8) is 0 Å². The second-order valence-electron chi connectivity index (χ2n) is 7.45. The van der Waals surface area contributed by atoms with E-state index in [0.717, 1.165) is 19.3 Å². The molecule has 0 spiro atoms. The van der Waals surface area contributed by atoms with Crippen LogP contribution in [0.2, 0.25) is 0 Å². The van der Waals surface area contributed by atoms with E-state index in [-0.39, 0.29) is 28.9 Å². The molecule has 1 N–H and O–H groups in total. The number of rotatable bonds is 6. The largest absolute Gasteiger partial charge is 0.479 e. The van der Waals surface area contributed by atoms with Gasteiger partial charge in [-0.15, -0.1) is 0 Å². The highest BCUT2D eigenvalue weighted by Crippen LogP contribution is 2.47. The molecule has 0 amide bonds. The summed E-state index contributed by atoms with van der Waals surface area (Å²) >= 11 is 0. The molecule has 1 aliphatic carbocycles. The van der Waals surface area contributed by atoms with E-state index in [1.165, 1.54) is 0 Å². The van der Waals surface area contributed by atoms with Crippen LogP contribution in [-0.2, 0) is 23.9 Å². The van der Waals surface area contributed by atoms with Crippen molar-refractivity contribution in [2.45, 2.75) is 59.5 Å². The maximum absolute atomic E-state index is 12.1. The van der Waals surface area contributed by atoms with Crippen LogP contribution in [0.1, 0.15) is 53.4 Å². The van der Waals surface area contributed by atoms with E-state index in [4.69, 9.17) is 9.84 Å². The fourth-order valence-electron chi connectivity index (χ4n) is 3.29. The van der Waals surface area contributed by atoms with Gasteiger partial charge in [0.1, 0.15) is 6.10 Å². The molecule has 130 valence electrons. The molecular formula is C17H26O6. The van der Waals surface area contributed by atoms with Gasteiger partial charge < -0.3 is 14.6 Å². The molecule has 0 aromatic heterocycles. The maximum atomic E-state index is 12.1. The Morgan fingerprint density at radius 3 is 2.13 bits per heavy atom. The Balaban J connectivity index is 2.62. The Bertz CT molecular complexity index is 487. The van der Waals surface area contributed by atoms with Gasteiger partial charge in [0.25, 0.3) is 0 Å². The van der Waals surface area contributed by atoms with Crippen molar-refractivity contribution in [2.75, 3.05) is 6.61 Å². The minimum Gasteiger partial charge on any atom is -0.479 e. The highest BCUT2D eigenvalue weighted by molar-refractivity contribution is 5.94. The molecule has 0 saturated heterocycles. The lowest BCUT2D eigenvalue weighted by atomic mass is 9.63. The van der Waals surface area contributed by atoms with Crippen LogP contribution in [-0.4, -0.2) is 35.7 Å². The van der Waals surface area contributed by atoms with Crippen LogP contribution in [0.4, 0.5) is 0 Å². The number of hydrogen-bond acceptors (Lipinski definition) is 5. The lowest BCUT2D eigenvalue weighted by Gasteiger charge is -2.48. The molecule has 0 atom stereocenters. The molecule has 1 saturated carbocycles. The summed E-state index contributed by atoms with van der Waals surface area (Å²) in [4.78, 5) is 34.0. The van der Waals surface area contributed by atoms with Crippen molar-refractivity contribution in [3.8, 4) is 0 Å². The maximum Gasteiger partial charge on any atom is 0.341 e. The molecule has 0 heterocycles. The van der Waals surface area contributed by atoms with E-state index in [9.17, 15) is 14.4 Å². The van der Waals surface area contributed by atoms with E-state index in [1.807, 2.05) is 0 Å². The van der Waals surface area contributed by atoms with Gasteiger partial charge in [-0.2, -0.15) is 0 Å². The highest BCUT2D eigenvalue weighted by atomic mass is 16.6. The Hall–Kier alpha value is -1.85. The minimum absolute atomic E-state index is 0.109. The molecule has 1 aliphatic rings. The van der Waals surface area contributed by atoms with E-state index in [2.05, 4.69) is 39.0 Å². The van der Waals surface area contributed by atoms with E-state index < -0.39 is 24.5 Å². The van der Waals surface area contributed by atoms with Gasteiger partial charge in [-0.1, -0.05) is 40.7 Å². The van der Waals surface area contributed by atoms with Crippen molar-refractivity contribution in [2.24, 2.45) is 10.8 Å². The summed E-state index contributed by atoms with van der Waals surface area (Å²) < 4.78 is 10.1. The standard InChI is InChI=1S/C17H26O6/c1-11(14(21)22-10-12(18)19)9-13(20)23-15-16(2,3)7-6-8-17(15,4)5/h15H,1,6-10H2,2-5H3,(H,18,19). The normalized spacial score (nSPS) is 19.7. The van der Waals surface area contributed by atoms with Gasteiger partial charge in [0.15, 0.2) is 6.61 Å². The van der Waals surface area contributed by atoms with Crippen LogP contribution in [0.25, 0.3) is 0 Å². The first kappa shape index (κ1) is 19.2. The molecule has 0 bridgehead atoms. The van der Waals surface area contributed by atoms with Crippen molar-refractivity contribution in [1.82, 2.24) is 0 Å². The van der Waals surface area contributed by atoms with Gasteiger partial charge >= 0.3 is 17.9 Å². The number of esters is 2. The van der Waals surface area contributed by atoms with E-state index in [1.54, 1.807) is 0 Å². The number of carbonyl (C=O) groups excluding carboxylic acids is 2. The van der Waals surface area contributed by atoms with E-state index in [0.29, 0.717) is 0 Å².